The summed E-state index contributed by atoms with van der Waals surface area (Å²) in [6.45, 7) is 1.71. The molecular weight excluding hydrogens is 273 g/mol. The molecule has 1 aromatic carbocycles. The van der Waals surface area contributed by atoms with Crippen LogP contribution in [0.5, 0.6) is 0 Å². The van der Waals surface area contributed by atoms with Gasteiger partial charge in [0, 0.05) is 35.7 Å². The lowest BCUT2D eigenvalue weighted by atomic mass is 10.2. The Bertz CT molecular complexity index is 453. The van der Waals surface area contributed by atoms with Gasteiger partial charge in [0.1, 0.15) is 0 Å². The van der Waals surface area contributed by atoms with Crippen LogP contribution in [0.15, 0.2) is 18.2 Å². The molecule has 0 radical (unpaired) electrons. The minimum atomic E-state index is -0.103. The molecule has 1 aromatic rings. The molecule has 1 saturated heterocycles. The van der Waals surface area contributed by atoms with Gasteiger partial charge in [0.2, 0.25) is 0 Å². The fourth-order valence-electron chi connectivity index (χ4n) is 1.92. The third kappa shape index (κ3) is 3.28. The second-order valence-electron chi connectivity index (χ2n) is 4.39. The smallest absolute Gasteiger partial charge is 0.317 e. The number of benzene rings is 1. The number of nitrogens with zero attached hydrogens (tertiary/aromatic N) is 1. The fraction of sp³-hybridized carbons (Fsp3) is 0.417. The van der Waals surface area contributed by atoms with Crippen LogP contribution in [0.1, 0.15) is 12.0 Å². The van der Waals surface area contributed by atoms with Gasteiger partial charge in [-0.25, -0.2) is 4.79 Å². The topological polar surface area (TPSA) is 58.4 Å². The molecule has 1 fully saturated rings. The Balaban J connectivity index is 1.89. The van der Waals surface area contributed by atoms with Crippen LogP contribution in [-0.2, 0) is 6.54 Å². The van der Waals surface area contributed by atoms with E-state index in [9.17, 15) is 4.79 Å². The van der Waals surface area contributed by atoms with Crippen LogP contribution >= 0.6 is 23.2 Å². The number of carbonyl (C=O) groups excluding carboxylic acids is 1. The molecule has 0 saturated carbocycles. The lowest BCUT2D eigenvalue weighted by Gasteiger charge is -2.17. The highest BCUT2D eigenvalue weighted by atomic mass is 35.5. The van der Waals surface area contributed by atoms with E-state index in [1.807, 2.05) is 0 Å². The molecule has 1 aliphatic heterocycles. The van der Waals surface area contributed by atoms with E-state index in [0.717, 1.165) is 12.0 Å². The zero-order valence-electron chi connectivity index (χ0n) is 9.83. The minimum Gasteiger partial charge on any atom is -0.334 e. The maximum Gasteiger partial charge on any atom is 0.317 e. The average molecular weight is 288 g/mol. The summed E-state index contributed by atoms with van der Waals surface area (Å²) in [6, 6.07) is 5.21. The van der Waals surface area contributed by atoms with Crippen molar-refractivity contribution >= 4 is 29.2 Å². The van der Waals surface area contributed by atoms with E-state index >= 15 is 0 Å². The van der Waals surface area contributed by atoms with Crippen LogP contribution in [-0.4, -0.2) is 30.1 Å². The molecular formula is C12H15Cl2N3O. The average Bonchev–Trinajstić information content (AvgIpc) is 2.74. The molecule has 2 rings (SSSR count). The summed E-state index contributed by atoms with van der Waals surface area (Å²) in [5.41, 5.74) is 6.60. The molecule has 3 N–H and O–H groups in total. The molecule has 2 amide bonds. The van der Waals surface area contributed by atoms with Gasteiger partial charge in [-0.1, -0.05) is 29.3 Å². The molecule has 0 spiro atoms. The van der Waals surface area contributed by atoms with E-state index in [0.29, 0.717) is 29.7 Å². The van der Waals surface area contributed by atoms with Crippen molar-refractivity contribution in [3.8, 4) is 0 Å². The van der Waals surface area contributed by atoms with E-state index in [-0.39, 0.29) is 12.1 Å². The van der Waals surface area contributed by atoms with Gasteiger partial charge in [-0.3, -0.25) is 0 Å². The van der Waals surface area contributed by atoms with Crippen molar-refractivity contribution in [1.82, 2.24) is 10.2 Å². The van der Waals surface area contributed by atoms with Crippen LogP contribution in [0.2, 0.25) is 10.0 Å². The molecule has 6 heteroatoms. The first-order valence-corrected chi connectivity index (χ1v) is 6.54. The summed E-state index contributed by atoms with van der Waals surface area (Å²) in [7, 11) is 0. The normalized spacial score (nSPS) is 19.1. The zero-order valence-corrected chi connectivity index (χ0v) is 11.3. The number of likely N-dealkylation sites (tertiary alicyclic amines) is 1. The highest BCUT2D eigenvalue weighted by Crippen LogP contribution is 2.20. The Labute approximate surface area is 116 Å². The number of rotatable bonds is 2. The zero-order chi connectivity index (χ0) is 13.1. The third-order valence-corrected chi connectivity index (χ3v) is 3.54. The number of nitrogens with one attached hydrogen (secondary N) is 1. The van der Waals surface area contributed by atoms with Crippen LogP contribution in [0, 0.1) is 0 Å². The second kappa shape index (κ2) is 5.78. The number of amides is 2. The minimum absolute atomic E-state index is 0.0925. The number of carbonyl (C=O) groups is 1. The van der Waals surface area contributed by atoms with Gasteiger partial charge in [-0.15, -0.1) is 0 Å². The van der Waals surface area contributed by atoms with E-state index in [2.05, 4.69) is 5.32 Å². The summed E-state index contributed by atoms with van der Waals surface area (Å²) in [6.07, 6.45) is 0.856. The van der Waals surface area contributed by atoms with Crippen LogP contribution < -0.4 is 11.1 Å². The predicted octanol–water partition coefficient (Wildman–Crippen LogP) is 2.24. The molecule has 1 aliphatic rings. The fourth-order valence-corrected chi connectivity index (χ4v) is 2.39. The van der Waals surface area contributed by atoms with E-state index in [1.165, 1.54) is 0 Å². The quantitative estimate of drug-likeness (QED) is 0.876. The maximum atomic E-state index is 11.8. The Morgan fingerprint density at radius 3 is 2.89 bits per heavy atom. The summed E-state index contributed by atoms with van der Waals surface area (Å²) >= 11 is 11.8. The van der Waals surface area contributed by atoms with Crippen molar-refractivity contribution in [3.63, 3.8) is 0 Å². The Hall–Kier alpha value is -0.970. The highest BCUT2D eigenvalue weighted by molar-refractivity contribution is 6.35. The Kier molecular flexibility index (Phi) is 4.32. The molecule has 4 nitrogen and oxygen atoms in total. The van der Waals surface area contributed by atoms with E-state index < -0.39 is 0 Å². The number of halogens is 2. The molecule has 0 unspecified atom stereocenters. The first-order valence-electron chi connectivity index (χ1n) is 5.78. The van der Waals surface area contributed by atoms with Crippen molar-refractivity contribution in [1.29, 1.82) is 0 Å². The SMILES string of the molecule is N[C@H]1CCN(C(=O)NCc2ccc(Cl)cc2Cl)C1. The third-order valence-electron chi connectivity index (χ3n) is 2.96. The highest BCUT2D eigenvalue weighted by Gasteiger charge is 2.23. The summed E-state index contributed by atoms with van der Waals surface area (Å²) in [5.74, 6) is 0. The monoisotopic (exact) mass is 287 g/mol. The first kappa shape index (κ1) is 13.5. The lowest BCUT2D eigenvalue weighted by molar-refractivity contribution is 0.208. The van der Waals surface area contributed by atoms with Gasteiger partial charge in [0.05, 0.1) is 0 Å². The van der Waals surface area contributed by atoms with Crippen molar-refractivity contribution < 1.29 is 4.79 Å². The Morgan fingerprint density at radius 1 is 1.50 bits per heavy atom. The number of hydrogen-bond acceptors (Lipinski definition) is 2. The lowest BCUT2D eigenvalue weighted by Crippen LogP contribution is -2.39. The predicted molar refractivity (Wildman–Crippen MR) is 72.9 cm³/mol. The molecule has 0 aliphatic carbocycles. The standard InChI is InChI=1S/C12H15Cl2N3O/c13-9-2-1-8(11(14)5-9)6-16-12(18)17-4-3-10(15)7-17/h1-2,5,10H,3-4,6-7,15H2,(H,16,18)/t10-/m0/s1. The van der Waals surface area contributed by atoms with Crippen LogP contribution in [0.25, 0.3) is 0 Å². The van der Waals surface area contributed by atoms with Gasteiger partial charge in [0.15, 0.2) is 0 Å². The van der Waals surface area contributed by atoms with Gasteiger partial charge in [-0.05, 0) is 24.1 Å². The maximum absolute atomic E-state index is 11.8. The summed E-state index contributed by atoms with van der Waals surface area (Å²) in [4.78, 5) is 13.5. The number of urea groups is 1. The molecule has 0 bridgehead atoms. The van der Waals surface area contributed by atoms with E-state index in [1.54, 1.807) is 23.1 Å². The van der Waals surface area contributed by atoms with Crippen molar-refractivity contribution in [2.75, 3.05) is 13.1 Å². The van der Waals surface area contributed by atoms with Gasteiger partial charge < -0.3 is 16.0 Å². The van der Waals surface area contributed by atoms with Crippen LogP contribution in [0.4, 0.5) is 4.79 Å². The van der Waals surface area contributed by atoms with E-state index in [4.69, 9.17) is 28.9 Å². The second-order valence-corrected chi connectivity index (χ2v) is 5.23. The van der Waals surface area contributed by atoms with Crippen molar-refractivity contribution in [2.45, 2.75) is 19.0 Å². The molecule has 1 atom stereocenters. The molecule has 18 heavy (non-hydrogen) atoms. The Morgan fingerprint density at radius 2 is 2.28 bits per heavy atom. The number of nitrogens with two attached hydrogens (primary N) is 1. The van der Waals surface area contributed by atoms with Crippen molar-refractivity contribution in [3.05, 3.63) is 33.8 Å². The molecule has 98 valence electrons. The van der Waals surface area contributed by atoms with Crippen molar-refractivity contribution in [2.24, 2.45) is 5.73 Å². The van der Waals surface area contributed by atoms with Gasteiger partial charge in [-0.2, -0.15) is 0 Å². The molecule has 1 heterocycles. The molecule has 0 aromatic heterocycles. The first-order chi connectivity index (χ1) is 8.56. The van der Waals surface area contributed by atoms with Gasteiger partial charge in [0.25, 0.3) is 0 Å². The van der Waals surface area contributed by atoms with Gasteiger partial charge >= 0.3 is 6.03 Å². The summed E-state index contributed by atoms with van der Waals surface area (Å²) < 4.78 is 0. The van der Waals surface area contributed by atoms with Crippen LogP contribution in [0.3, 0.4) is 0 Å². The largest absolute Gasteiger partial charge is 0.334 e. The summed E-state index contributed by atoms with van der Waals surface area (Å²) in [5, 5.41) is 3.97. The number of hydrogen-bond donors (Lipinski definition) is 2.